The van der Waals surface area contributed by atoms with Gasteiger partial charge in [0.1, 0.15) is 0 Å². The first-order valence-corrected chi connectivity index (χ1v) is 11.1. The van der Waals surface area contributed by atoms with Gasteiger partial charge in [0.25, 0.3) is 0 Å². The summed E-state index contributed by atoms with van der Waals surface area (Å²) in [5.74, 6) is -0.669. The second-order valence-corrected chi connectivity index (χ2v) is 8.75. The molecule has 0 saturated carbocycles. The smallest absolute Gasteiger partial charge is 0.362 e. The Balaban J connectivity index is 3.51. The fourth-order valence-corrected chi connectivity index (χ4v) is 3.40. The molecule has 2 N–H and O–H groups in total. The summed E-state index contributed by atoms with van der Waals surface area (Å²) in [6, 6.07) is -0.423. The van der Waals surface area contributed by atoms with Crippen LogP contribution in [0.15, 0.2) is 0 Å². The minimum atomic E-state index is -0.769. The standard InChI is InChI=1S/C22H44N2O3/c1-5-6-7-8-9-10-11-12-13-14-15-18-21(25)23-19-16-17-20(22(26)27)24(2,3)4/h20H,5-19H2,1-4H3,(H-,23,25,26,27)/p+1. The first-order chi connectivity index (χ1) is 12.8. The summed E-state index contributed by atoms with van der Waals surface area (Å²) in [5.41, 5.74) is 0. The van der Waals surface area contributed by atoms with Crippen molar-refractivity contribution in [2.24, 2.45) is 0 Å². The van der Waals surface area contributed by atoms with E-state index in [0.29, 0.717) is 30.3 Å². The first-order valence-electron chi connectivity index (χ1n) is 11.1. The number of hydrogen-bond acceptors (Lipinski definition) is 2. The molecule has 0 fully saturated rings. The molecule has 0 aromatic rings. The van der Waals surface area contributed by atoms with Crippen LogP contribution in [0.25, 0.3) is 0 Å². The predicted molar refractivity (Wildman–Crippen MR) is 113 cm³/mol. The van der Waals surface area contributed by atoms with Crippen molar-refractivity contribution in [2.75, 3.05) is 27.7 Å². The number of rotatable bonds is 18. The van der Waals surface area contributed by atoms with Crippen molar-refractivity contribution in [3.8, 4) is 0 Å². The molecule has 0 aromatic heterocycles. The Morgan fingerprint density at radius 3 is 1.74 bits per heavy atom. The van der Waals surface area contributed by atoms with Gasteiger partial charge in [-0.2, -0.15) is 0 Å². The molecule has 1 unspecified atom stereocenters. The topological polar surface area (TPSA) is 66.4 Å². The van der Waals surface area contributed by atoms with Gasteiger partial charge in [-0.1, -0.05) is 71.1 Å². The largest absolute Gasteiger partial charge is 0.477 e. The Kier molecular flexibility index (Phi) is 15.3. The van der Waals surface area contributed by atoms with Crippen LogP contribution >= 0.6 is 0 Å². The van der Waals surface area contributed by atoms with Gasteiger partial charge in [0.05, 0.1) is 21.1 Å². The fourth-order valence-electron chi connectivity index (χ4n) is 3.40. The van der Waals surface area contributed by atoms with Crippen molar-refractivity contribution in [3.05, 3.63) is 0 Å². The number of unbranched alkanes of at least 4 members (excludes halogenated alkanes) is 10. The monoisotopic (exact) mass is 385 g/mol. The highest BCUT2D eigenvalue weighted by Crippen LogP contribution is 2.12. The molecule has 27 heavy (non-hydrogen) atoms. The number of carbonyl (C=O) groups excluding carboxylic acids is 1. The Morgan fingerprint density at radius 2 is 1.30 bits per heavy atom. The average Bonchev–Trinajstić information content (AvgIpc) is 2.58. The number of aliphatic carboxylic acids is 1. The first kappa shape index (κ1) is 25.9. The van der Waals surface area contributed by atoms with Gasteiger partial charge in [-0.25, -0.2) is 4.79 Å². The number of carboxylic acids is 1. The van der Waals surface area contributed by atoms with E-state index in [1.54, 1.807) is 0 Å². The van der Waals surface area contributed by atoms with Crippen LogP contribution in [0.2, 0.25) is 0 Å². The Labute approximate surface area is 167 Å². The lowest BCUT2D eigenvalue weighted by Crippen LogP contribution is -2.50. The maximum atomic E-state index is 11.8. The third-order valence-electron chi connectivity index (χ3n) is 5.20. The molecule has 1 atom stereocenters. The summed E-state index contributed by atoms with van der Waals surface area (Å²) >= 11 is 0. The van der Waals surface area contributed by atoms with Crippen LogP contribution in [0.1, 0.15) is 96.8 Å². The number of amides is 1. The number of nitrogens with zero attached hydrogens (tertiary/aromatic N) is 1. The highest BCUT2D eigenvalue weighted by atomic mass is 16.4. The summed E-state index contributed by atoms with van der Waals surface area (Å²) in [5, 5.41) is 12.2. The molecule has 0 aromatic carbocycles. The number of carbonyl (C=O) groups is 2. The quantitative estimate of drug-likeness (QED) is 0.264. The van der Waals surface area contributed by atoms with Crippen molar-refractivity contribution >= 4 is 11.9 Å². The molecule has 5 nitrogen and oxygen atoms in total. The van der Waals surface area contributed by atoms with Crippen LogP contribution < -0.4 is 5.32 Å². The minimum absolute atomic E-state index is 0.100. The molecule has 0 bridgehead atoms. The molecule has 0 aliphatic carbocycles. The van der Waals surface area contributed by atoms with E-state index in [1.165, 1.54) is 57.8 Å². The molecule has 0 radical (unpaired) electrons. The van der Waals surface area contributed by atoms with Gasteiger partial charge in [-0.15, -0.1) is 0 Å². The predicted octanol–water partition coefficient (Wildman–Crippen LogP) is 4.74. The molecule has 0 spiro atoms. The second-order valence-electron chi connectivity index (χ2n) is 8.75. The third-order valence-corrected chi connectivity index (χ3v) is 5.20. The van der Waals surface area contributed by atoms with Crippen molar-refractivity contribution in [1.29, 1.82) is 0 Å². The van der Waals surface area contributed by atoms with Crippen LogP contribution in [0.5, 0.6) is 0 Å². The van der Waals surface area contributed by atoms with Crippen LogP contribution in [0, 0.1) is 0 Å². The number of likely N-dealkylation sites (N-methyl/N-ethyl adjacent to an activating group) is 1. The number of hydrogen-bond donors (Lipinski definition) is 2. The van der Waals surface area contributed by atoms with E-state index < -0.39 is 12.0 Å². The van der Waals surface area contributed by atoms with Gasteiger partial charge >= 0.3 is 5.97 Å². The van der Waals surface area contributed by atoms with Crippen molar-refractivity contribution in [3.63, 3.8) is 0 Å². The van der Waals surface area contributed by atoms with Gasteiger partial charge in [0.2, 0.25) is 5.91 Å². The van der Waals surface area contributed by atoms with E-state index in [4.69, 9.17) is 0 Å². The lowest BCUT2D eigenvalue weighted by Gasteiger charge is -2.31. The van der Waals surface area contributed by atoms with Crippen LogP contribution in [0.3, 0.4) is 0 Å². The molecule has 160 valence electrons. The molecule has 0 heterocycles. The SMILES string of the molecule is CCCCCCCCCCCCCC(=O)NCCCC(C(=O)O)[N+](C)(C)C. The highest BCUT2D eigenvalue weighted by Gasteiger charge is 2.30. The zero-order valence-corrected chi connectivity index (χ0v) is 18.4. The summed E-state index contributed by atoms with van der Waals surface area (Å²) in [4.78, 5) is 23.1. The fraction of sp³-hybridized carbons (Fsp3) is 0.909. The summed E-state index contributed by atoms with van der Waals surface area (Å²) < 4.78 is 0.405. The van der Waals surface area contributed by atoms with Crippen molar-refractivity contribution in [2.45, 2.75) is 103 Å². The van der Waals surface area contributed by atoms with Gasteiger partial charge in [0, 0.05) is 19.4 Å². The van der Waals surface area contributed by atoms with E-state index in [-0.39, 0.29) is 5.91 Å². The zero-order valence-electron chi connectivity index (χ0n) is 18.4. The van der Waals surface area contributed by atoms with Crippen molar-refractivity contribution in [1.82, 2.24) is 5.32 Å². The molecule has 0 aliphatic heterocycles. The second kappa shape index (κ2) is 15.9. The average molecular weight is 386 g/mol. The third kappa shape index (κ3) is 15.6. The molecule has 1 amide bonds. The van der Waals surface area contributed by atoms with E-state index >= 15 is 0 Å². The van der Waals surface area contributed by atoms with Gasteiger partial charge < -0.3 is 14.9 Å². The lowest BCUT2D eigenvalue weighted by molar-refractivity contribution is -0.887. The van der Waals surface area contributed by atoms with Gasteiger partial charge in [-0.3, -0.25) is 4.79 Å². The molecule has 0 rings (SSSR count). The maximum Gasteiger partial charge on any atom is 0.362 e. The molecule has 0 saturated heterocycles. The summed E-state index contributed by atoms with van der Waals surface area (Å²) in [7, 11) is 5.68. The zero-order chi connectivity index (χ0) is 20.5. The van der Waals surface area contributed by atoms with Crippen LogP contribution in [-0.4, -0.2) is 55.2 Å². The molecular weight excluding hydrogens is 340 g/mol. The number of quaternary nitrogens is 1. The molecule has 5 heteroatoms. The van der Waals surface area contributed by atoms with Crippen LogP contribution in [-0.2, 0) is 9.59 Å². The summed E-state index contributed by atoms with van der Waals surface area (Å²) in [6.07, 6.45) is 16.0. The van der Waals surface area contributed by atoms with E-state index in [1.807, 2.05) is 21.1 Å². The van der Waals surface area contributed by atoms with Crippen LogP contribution in [0.4, 0.5) is 0 Å². The van der Waals surface area contributed by atoms with Gasteiger partial charge in [-0.05, 0) is 12.8 Å². The van der Waals surface area contributed by atoms with E-state index in [2.05, 4.69) is 12.2 Å². The lowest BCUT2D eigenvalue weighted by atomic mass is 10.1. The highest BCUT2D eigenvalue weighted by molar-refractivity contribution is 5.75. The normalized spacial score (nSPS) is 12.7. The Hall–Kier alpha value is -1.10. The minimum Gasteiger partial charge on any atom is -0.477 e. The number of carboxylic acid groups (broad SMARTS) is 1. The summed E-state index contributed by atoms with van der Waals surface area (Å²) in [6.45, 7) is 2.82. The maximum absolute atomic E-state index is 11.8. The number of nitrogens with one attached hydrogen (secondary N) is 1. The Morgan fingerprint density at radius 1 is 0.815 bits per heavy atom. The van der Waals surface area contributed by atoms with E-state index in [9.17, 15) is 14.7 Å². The Bertz CT molecular complexity index is 392. The molecule has 0 aliphatic rings. The van der Waals surface area contributed by atoms with Crippen molar-refractivity contribution < 1.29 is 19.2 Å². The van der Waals surface area contributed by atoms with Gasteiger partial charge in [0.15, 0.2) is 6.04 Å². The molecular formula is C22H45N2O3+. The van der Waals surface area contributed by atoms with E-state index in [0.717, 1.165) is 12.8 Å².